The van der Waals surface area contributed by atoms with Gasteiger partial charge in [0.15, 0.2) is 0 Å². The Labute approximate surface area is 101 Å². The van der Waals surface area contributed by atoms with Gasteiger partial charge in [0, 0.05) is 17.1 Å². The minimum Gasteiger partial charge on any atom is -0.494 e. The number of nitrogens with two attached hydrogens (primary N) is 1. The fraction of sp³-hybridized carbons (Fsp3) is 0.357. The summed E-state index contributed by atoms with van der Waals surface area (Å²) in [5.41, 5.74) is 8.41. The average Bonchev–Trinajstić information content (AvgIpc) is 3.08. The van der Waals surface area contributed by atoms with E-state index in [0.717, 1.165) is 35.9 Å². The molecule has 1 fully saturated rings. The summed E-state index contributed by atoms with van der Waals surface area (Å²) < 4.78 is 5.33. The summed E-state index contributed by atoms with van der Waals surface area (Å²) in [6, 6.07) is 8.14. The molecule has 17 heavy (non-hydrogen) atoms. The third kappa shape index (κ3) is 1.87. The Morgan fingerprint density at radius 1 is 1.35 bits per heavy atom. The minimum absolute atomic E-state index is 0.0252. The highest BCUT2D eigenvalue weighted by Crippen LogP contribution is 2.38. The van der Waals surface area contributed by atoms with Gasteiger partial charge in [-0.1, -0.05) is 12.1 Å². The molecule has 0 aliphatic heterocycles. The number of fused-ring (bicyclic) bond motifs is 1. The van der Waals surface area contributed by atoms with Crippen molar-refractivity contribution in [2.75, 3.05) is 7.11 Å². The Bertz CT molecular complexity index is 561. The molecule has 3 heteroatoms. The topological polar surface area (TPSA) is 48.1 Å². The van der Waals surface area contributed by atoms with E-state index in [2.05, 4.69) is 17.1 Å². The first-order valence-corrected chi connectivity index (χ1v) is 5.91. The molecule has 88 valence electrons. The molecule has 1 saturated carbocycles. The molecule has 1 aliphatic carbocycles. The molecule has 0 atom stereocenters. The highest BCUT2D eigenvalue weighted by Gasteiger charge is 2.38. The van der Waals surface area contributed by atoms with Crippen LogP contribution in [-0.4, -0.2) is 17.6 Å². The molecule has 0 radical (unpaired) electrons. The number of nitrogens with zero attached hydrogens (tertiary/aromatic N) is 1. The van der Waals surface area contributed by atoms with Crippen molar-refractivity contribution in [1.29, 1.82) is 0 Å². The Hall–Kier alpha value is -1.61. The molecule has 3 rings (SSSR count). The van der Waals surface area contributed by atoms with Gasteiger partial charge in [0.1, 0.15) is 11.3 Å². The summed E-state index contributed by atoms with van der Waals surface area (Å²) in [6.07, 6.45) is 4.98. The maximum Gasteiger partial charge on any atom is 0.145 e. The number of aromatic nitrogens is 1. The van der Waals surface area contributed by atoms with Gasteiger partial charge in [-0.15, -0.1) is 0 Å². The smallest absolute Gasteiger partial charge is 0.145 e. The zero-order valence-corrected chi connectivity index (χ0v) is 9.94. The van der Waals surface area contributed by atoms with Crippen LogP contribution in [0.25, 0.3) is 10.9 Å². The Morgan fingerprint density at radius 2 is 2.18 bits per heavy atom. The number of ether oxygens (including phenoxy) is 1. The Kier molecular flexibility index (Phi) is 2.30. The number of hydrogen-bond donors (Lipinski definition) is 1. The summed E-state index contributed by atoms with van der Waals surface area (Å²) in [6.45, 7) is 0. The van der Waals surface area contributed by atoms with Crippen molar-refractivity contribution in [3.05, 3.63) is 36.0 Å². The standard InChI is InChI=1S/C14H16N2O/c1-17-12-5-4-10(9-14(15)6-7-14)11-3-2-8-16-13(11)12/h2-5,8H,6-7,9,15H2,1H3. The van der Waals surface area contributed by atoms with E-state index in [4.69, 9.17) is 10.5 Å². The number of hydrogen-bond acceptors (Lipinski definition) is 3. The lowest BCUT2D eigenvalue weighted by atomic mass is 10.00. The normalized spacial score (nSPS) is 17.1. The monoisotopic (exact) mass is 228 g/mol. The first kappa shape index (κ1) is 10.5. The van der Waals surface area contributed by atoms with Crippen LogP contribution < -0.4 is 10.5 Å². The van der Waals surface area contributed by atoms with Crippen LogP contribution in [0.1, 0.15) is 18.4 Å². The first-order chi connectivity index (χ1) is 8.22. The molecule has 1 heterocycles. The third-order valence-corrected chi connectivity index (χ3v) is 3.48. The molecule has 2 aromatic rings. The van der Waals surface area contributed by atoms with Gasteiger partial charge >= 0.3 is 0 Å². The summed E-state index contributed by atoms with van der Waals surface area (Å²) in [5.74, 6) is 0.825. The Balaban J connectivity index is 2.12. The number of benzene rings is 1. The van der Waals surface area contributed by atoms with Gasteiger partial charge in [-0.05, 0) is 37.0 Å². The zero-order chi connectivity index (χ0) is 11.9. The van der Waals surface area contributed by atoms with Crippen molar-refractivity contribution < 1.29 is 4.74 Å². The van der Waals surface area contributed by atoms with Gasteiger partial charge in [-0.25, -0.2) is 0 Å². The Morgan fingerprint density at radius 3 is 2.88 bits per heavy atom. The van der Waals surface area contributed by atoms with Gasteiger partial charge in [0.2, 0.25) is 0 Å². The first-order valence-electron chi connectivity index (χ1n) is 5.91. The maximum absolute atomic E-state index is 6.19. The van der Waals surface area contributed by atoms with Crippen LogP contribution in [0.4, 0.5) is 0 Å². The van der Waals surface area contributed by atoms with Crippen molar-refractivity contribution >= 4 is 10.9 Å². The fourth-order valence-corrected chi connectivity index (χ4v) is 2.24. The van der Waals surface area contributed by atoms with Crippen molar-refractivity contribution in [1.82, 2.24) is 4.98 Å². The van der Waals surface area contributed by atoms with Crippen molar-refractivity contribution in [3.8, 4) is 5.75 Å². The predicted octanol–water partition coefficient (Wildman–Crippen LogP) is 2.28. The SMILES string of the molecule is COc1ccc(CC2(N)CC2)c2cccnc12. The molecule has 0 bridgehead atoms. The summed E-state index contributed by atoms with van der Waals surface area (Å²) in [7, 11) is 1.68. The third-order valence-electron chi connectivity index (χ3n) is 3.48. The van der Waals surface area contributed by atoms with Crippen LogP contribution in [0.3, 0.4) is 0 Å². The quantitative estimate of drug-likeness (QED) is 0.876. The number of methoxy groups -OCH3 is 1. The van der Waals surface area contributed by atoms with E-state index in [-0.39, 0.29) is 5.54 Å². The molecule has 1 aromatic heterocycles. The zero-order valence-electron chi connectivity index (χ0n) is 9.94. The molecule has 1 aromatic carbocycles. The lowest BCUT2D eigenvalue weighted by molar-refractivity contribution is 0.418. The van der Waals surface area contributed by atoms with Gasteiger partial charge in [0.25, 0.3) is 0 Å². The number of pyridine rings is 1. The molecular formula is C14H16N2O. The molecule has 2 N–H and O–H groups in total. The average molecular weight is 228 g/mol. The van der Waals surface area contributed by atoms with Crippen LogP contribution in [0.5, 0.6) is 5.75 Å². The molecule has 0 saturated heterocycles. The fourth-order valence-electron chi connectivity index (χ4n) is 2.24. The van der Waals surface area contributed by atoms with E-state index < -0.39 is 0 Å². The maximum atomic E-state index is 6.19. The molecule has 0 amide bonds. The minimum atomic E-state index is 0.0252. The van der Waals surface area contributed by atoms with Crippen LogP contribution in [0.15, 0.2) is 30.5 Å². The lowest BCUT2D eigenvalue weighted by Gasteiger charge is -2.12. The summed E-state index contributed by atoms with van der Waals surface area (Å²) >= 11 is 0. The van der Waals surface area contributed by atoms with Gasteiger partial charge in [0.05, 0.1) is 7.11 Å². The molecule has 0 unspecified atom stereocenters. The highest BCUT2D eigenvalue weighted by molar-refractivity contribution is 5.87. The van der Waals surface area contributed by atoms with Gasteiger partial charge in [-0.2, -0.15) is 0 Å². The molecular weight excluding hydrogens is 212 g/mol. The van der Waals surface area contributed by atoms with E-state index in [9.17, 15) is 0 Å². The second-order valence-corrected chi connectivity index (χ2v) is 4.87. The van der Waals surface area contributed by atoms with Crippen LogP contribution in [0.2, 0.25) is 0 Å². The molecule has 1 aliphatic rings. The van der Waals surface area contributed by atoms with Crippen molar-refractivity contribution in [3.63, 3.8) is 0 Å². The highest BCUT2D eigenvalue weighted by atomic mass is 16.5. The van der Waals surface area contributed by atoms with E-state index in [1.165, 1.54) is 5.56 Å². The van der Waals surface area contributed by atoms with Crippen LogP contribution >= 0.6 is 0 Å². The van der Waals surface area contributed by atoms with E-state index in [1.807, 2.05) is 12.1 Å². The second-order valence-electron chi connectivity index (χ2n) is 4.87. The van der Waals surface area contributed by atoms with Crippen LogP contribution in [-0.2, 0) is 6.42 Å². The van der Waals surface area contributed by atoms with Crippen molar-refractivity contribution in [2.45, 2.75) is 24.8 Å². The van der Waals surface area contributed by atoms with Crippen molar-refractivity contribution in [2.24, 2.45) is 5.73 Å². The summed E-state index contributed by atoms with van der Waals surface area (Å²) in [4.78, 5) is 4.40. The van der Waals surface area contributed by atoms with Gasteiger partial charge in [-0.3, -0.25) is 4.98 Å². The summed E-state index contributed by atoms with van der Waals surface area (Å²) in [5, 5.41) is 1.16. The lowest BCUT2D eigenvalue weighted by Crippen LogP contribution is -2.24. The van der Waals surface area contributed by atoms with E-state index in [1.54, 1.807) is 13.3 Å². The molecule has 0 spiro atoms. The van der Waals surface area contributed by atoms with Crippen LogP contribution in [0, 0.1) is 0 Å². The molecule has 3 nitrogen and oxygen atoms in total. The van der Waals surface area contributed by atoms with Gasteiger partial charge < -0.3 is 10.5 Å². The largest absolute Gasteiger partial charge is 0.494 e. The number of rotatable bonds is 3. The van der Waals surface area contributed by atoms with E-state index >= 15 is 0 Å². The second kappa shape index (κ2) is 3.70. The van der Waals surface area contributed by atoms with E-state index in [0.29, 0.717) is 0 Å². The predicted molar refractivity (Wildman–Crippen MR) is 68.2 cm³/mol.